The largest absolute Gasteiger partial charge is 0.382 e. The fourth-order valence-corrected chi connectivity index (χ4v) is 3.76. The van der Waals surface area contributed by atoms with E-state index in [2.05, 4.69) is 22.3 Å². The Morgan fingerprint density at radius 3 is 2.59 bits per heavy atom. The third kappa shape index (κ3) is 3.78. The number of carbonyl (C=O) groups is 1. The molecule has 0 unspecified atom stereocenters. The van der Waals surface area contributed by atoms with Crippen molar-refractivity contribution in [2.24, 2.45) is 5.92 Å². The molecule has 1 aromatic rings. The Morgan fingerprint density at radius 1 is 1.36 bits per heavy atom. The molecule has 1 aromatic carbocycles. The smallest absolute Gasteiger partial charge is 0.221 e. The monoisotopic (exact) mass is 325 g/mol. The molecule has 1 amide bonds. The minimum Gasteiger partial charge on any atom is -0.382 e. The molecule has 0 fully saturated rings. The number of anilines is 2. The molecule has 0 spiro atoms. The highest BCUT2D eigenvalue weighted by molar-refractivity contribution is 7.88. The van der Waals surface area contributed by atoms with Crippen molar-refractivity contribution in [1.29, 1.82) is 0 Å². The number of sulfonamides is 1. The summed E-state index contributed by atoms with van der Waals surface area (Å²) in [5.41, 5.74) is 2.42. The molecular formula is C15H23N3O3S. The molecule has 0 bridgehead atoms. The van der Waals surface area contributed by atoms with E-state index in [0.717, 1.165) is 17.7 Å². The van der Waals surface area contributed by atoms with Crippen LogP contribution in [0.4, 0.5) is 11.4 Å². The molecule has 6 nitrogen and oxygen atoms in total. The van der Waals surface area contributed by atoms with Gasteiger partial charge in [0.15, 0.2) is 0 Å². The zero-order chi connectivity index (χ0) is 16.5. The summed E-state index contributed by atoms with van der Waals surface area (Å²) in [5.74, 6) is -0.0596. The molecule has 122 valence electrons. The van der Waals surface area contributed by atoms with Crippen LogP contribution in [0.15, 0.2) is 18.2 Å². The molecule has 0 radical (unpaired) electrons. The van der Waals surface area contributed by atoms with Crippen LogP contribution in [0.3, 0.4) is 0 Å². The first kappa shape index (κ1) is 16.8. The van der Waals surface area contributed by atoms with E-state index in [1.807, 2.05) is 25.1 Å². The molecular weight excluding hydrogens is 302 g/mol. The summed E-state index contributed by atoms with van der Waals surface area (Å²) in [6.07, 6.45) is 2.07. The van der Waals surface area contributed by atoms with E-state index >= 15 is 0 Å². The van der Waals surface area contributed by atoms with Crippen molar-refractivity contribution < 1.29 is 13.2 Å². The van der Waals surface area contributed by atoms with Gasteiger partial charge in [0.2, 0.25) is 15.9 Å². The Kier molecular flexibility index (Phi) is 4.77. The number of nitrogens with one attached hydrogen (secondary N) is 3. The van der Waals surface area contributed by atoms with Crippen molar-refractivity contribution in [2.75, 3.05) is 16.9 Å². The molecule has 22 heavy (non-hydrogen) atoms. The summed E-state index contributed by atoms with van der Waals surface area (Å²) >= 11 is 0. The van der Waals surface area contributed by atoms with Crippen LogP contribution in [-0.4, -0.2) is 26.6 Å². The molecule has 0 saturated carbocycles. The van der Waals surface area contributed by atoms with Gasteiger partial charge in [0.1, 0.15) is 0 Å². The molecule has 1 aliphatic rings. The van der Waals surface area contributed by atoms with Gasteiger partial charge in [0.25, 0.3) is 0 Å². The molecule has 0 aromatic heterocycles. The maximum Gasteiger partial charge on any atom is 0.221 e. The highest BCUT2D eigenvalue weighted by Crippen LogP contribution is 2.39. The number of fused-ring (bicyclic) bond motifs is 1. The molecule has 2 rings (SSSR count). The lowest BCUT2D eigenvalue weighted by molar-refractivity contribution is -0.114. The maximum atomic E-state index is 11.7. The Hall–Kier alpha value is -1.60. The number of benzene rings is 1. The van der Waals surface area contributed by atoms with Crippen LogP contribution in [0.25, 0.3) is 0 Å². The van der Waals surface area contributed by atoms with Gasteiger partial charge in [0.05, 0.1) is 12.3 Å². The van der Waals surface area contributed by atoms with Gasteiger partial charge in [-0.15, -0.1) is 0 Å². The zero-order valence-corrected chi connectivity index (χ0v) is 14.1. The highest BCUT2D eigenvalue weighted by atomic mass is 32.2. The lowest BCUT2D eigenvalue weighted by atomic mass is 9.83. The van der Waals surface area contributed by atoms with Crippen molar-refractivity contribution >= 4 is 27.3 Å². The van der Waals surface area contributed by atoms with Gasteiger partial charge in [0, 0.05) is 24.3 Å². The number of hydrogen-bond acceptors (Lipinski definition) is 4. The first-order valence-corrected chi connectivity index (χ1v) is 9.25. The summed E-state index contributed by atoms with van der Waals surface area (Å²) in [7, 11) is -3.33. The van der Waals surface area contributed by atoms with Crippen LogP contribution in [0.5, 0.6) is 0 Å². The number of rotatable bonds is 4. The SMILES string of the molecule is CC[C@H]1Nc2ccc(NC(C)=O)cc2[C@@H](NS(C)(=O)=O)[C@@H]1C. The van der Waals surface area contributed by atoms with Crippen LogP contribution in [0, 0.1) is 5.92 Å². The minimum atomic E-state index is -3.33. The standard InChI is InChI=1S/C15H23N3O3S/c1-5-13-9(2)15(18-22(4,20)21)12-8-11(16-10(3)19)6-7-14(12)17-13/h6-9,13,15,17-18H,5H2,1-4H3,(H,16,19)/t9-,13-,15+/m1/s1. The van der Waals surface area contributed by atoms with Crippen LogP contribution in [0.2, 0.25) is 0 Å². The highest BCUT2D eigenvalue weighted by Gasteiger charge is 2.34. The predicted molar refractivity (Wildman–Crippen MR) is 88.3 cm³/mol. The van der Waals surface area contributed by atoms with Gasteiger partial charge >= 0.3 is 0 Å². The quantitative estimate of drug-likeness (QED) is 0.791. The van der Waals surface area contributed by atoms with Gasteiger partial charge in [-0.05, 0) is 36.1 Å². The Morgan fingerprint density at radius 2 is 2.05 bits per heavy atom. The summed E-state index contributed by atoms with van der Waals surface area (Å²) in [6.45, 7) is 5.54. The van der Waals surface area contributed by atoms with Crippen molar-refractivity contribution in [3.8, 4) is 0 Å². The third-order valence-electron chi connectivity index (χ3n) is 3.99. The maximum absolute atomic E-state index is 11.7. The van der Waals surface area contributed by atoms with Gasteiger partial charge < -0.3 is 10.6 Å². The van der Waals surface area contributed by atoms with Crippen molar-refractivity contribution in [1.82, 2.24) is 4.72 Å². The normalized spacial score (nSPS) is 24.3. The number of hydrogen-bond donors (Lipinski definition) is 3. The van der Waals surface area contributed by atoms with Gasteiger partial charge in [-0.25, -0.2) is 13.1 Å². The molecule has 0 aliphatic carbocycles. The molecule has 0 saturated heterocycles. The minimum absolute atomic E-state index is 0.0970. The average molecular weight is 325 g/mol. The molecule has 3 atom stereocenters. The van der Waals surface area contributed by atoms with E-state index in [1.165, 1.54) is 13.2 Å². The first-order valence-electron chi connectivity index (χ1n) is 7.36. The van der Waals surface area contributed by atoms with Crippen LogP contribution in [0.1, 0.15) is 38.8 Å². The summed E-state index contributed by atoms with van der Waals surface area (Å²) in [4.78, 5) is 11.2. The average Bonchev–Trinajstić information content (AvgIpc) is 2.40. The van der Waals surface area contributed by atoms with E-state index in [-0.39, 0.29) is 23.9 Å². The zero-order valence-electron chi connectivity index (χ0n) is 13.3. The summed E-state index contributed by atoms with van der Waals surface area (Å²) in [6, 6.07) is 5.40. The number of amides is 1. The second kappa shape index (κ2) is 6.26. The lowest BCUT2D eigenvalue weighted by Gasteiger charge is -2.39. The van der Waals surface area contributed by atoms with E-state index in [0.29, 0.717) is 5.69 Å². The second-order valence-corrected chi connectivity index (χ2v) is 7.65. The topological polar surface area (TPSA) is 87.3 Å². The Balaban J connectivity index is 2.45. The first-order chi connectivity index (χ1) is 10.2. The van der Waals surface area contributed by atoms with E-state index < -0.39 is 10.0 Å². The van der Waals surface area contributed by atoms with E-state index in [1.54, 1.807) is 0 Å². The predicted octanol–water partition coefficient (Wildman–Crippen LogP) is 2.08. The van der Waals surface area contributed by atoms with Gasteiger partial charge in [-0.2, -0.15) is 0 Å². The van der Waals surface area contributed by atoms with Crippen molar-refractivity contribution in [2.45, 2.75) is 39.3 Å². The van der Waals surface area contributed by atoms with Gasteiger partial charge in [-0.1, -0.05) is 13.8 Å². The van der Waals surface area contributed by atoms with Crippen LogP contribution in [-0.2, 0) is 14.8 Å². The fourth-order valence-electron chi connectivity index (χ4n) is 2.95. The fraction of sp³-hybridized carbons (Fsp3) is 0.533. The molecule has 7 heteroatoms. The Bertz CT molecular complexity index is 673. The second-order valence-electron chi connectivity index (χ2n) is 5.87. The summed E-state index contributed by atoms with van der Waals surface area (Å²) < 4.78 is 26.2. The van der Waals surface area contributed by atoms with Crippen LogP contribution >= 0.6 is 0 Å². The molecule has 1 heterocycles. The molecule has 3 N–H and O–H groups in total. The van der Waals surface area contributed by atoms with Crippen molar-refractivity contribution in [3.05, 3.63) is 23.8 Å². The van der Waals surface area contributed by atoms with Crippen molar-refractivity contribution in [3.63, 3.8) is 0 Å². The lowest BCUT2D eigenvalue weighted by Crippen LogP contribution is -2.43. The van der Waals surface area contributed by atoms with E-state index in [4.69, 9.17) is 0 Å². The number of carbonyl (C=O) groups excluding carboxylic acids is 1. The van der Waals surface area contributed by atoms with Gasteiger partial charge in [-0.3, -0.25) is 4.79 Å². The third-order valence-corrected chi connectivity index (χ3v) is 4.67. The Labute approximate surface area is 131 Å². The summed E-state index contributed by atoms with van der Waals surface area (Å²) in [5, 5.41) is 6.18. The molecule has 1 aliphatic heterocycles. The van der Waals surface area contributed by atoms with Crippen LogP contribution < -0.4 is 15.4 Å². The van der Waals surface area contributed by atoms with E-state index in [9.17, 15) is 13.2 Å².